The number of fused-ring (bicyclic) bond motifs is 1. The smallest absolute Gasteiger partial charge is 0.326 e. The number of nitrogens with zero attached hydrogens (tertiary/aromatic N) is 1. The van der Waals surface area contributed by atoms with Gasteiger partial charge < -0.3 is 105 Å². The molecule has 5 rings (SSSR count). The molecule has 0 unspecified atom stereocenters. The summed E-state index contributed by atoms with van der Waals surface area (Å²) in [6, 6.07) is 1.79. The van der Waals surface area contributed by atoms with Crippen molar-refractivity contribution in [1.82, 2.24) is 84.1 Å². The first-order valence-electron chi connectivity index (χ1n) is 39.5. The first-order chi connectivity index (χ1) is 55.8. The number of aromatic nitrogens is 3. The van der Waals surface area contributed by atoms with Crippen LogP contribution in [0.4, 0.5) is 0 Å². The number of aliphatic carboxylic acids is 3. The number of hydrogen-bond donors (Lipinski definition) is 20. The second-order valence-electron chi connectivity index (χ2n) is 30.3. The van der Waals surface area contributed by atoms with Gasteiger partial charge in [-0.3, -0.25) is 71.9 Å². The van der Waals surface area contributed by atoms with E-state index in [2.05, 4.69) is 84.1 Å². The third kappa shape index (κ3) is 31.4. The van der Waals surface area contributed by atoms with E-state index in [0.717, 1.165) is 10.9 Å². The molecule has 15 atom stereocenters. The van der Waals surface area contributed by atoms with Crippen molar-refractivity contribution in [3.63, 3.8) is 0 Å². The van der Waals surface area contributed by atoms with Gasteiger partial charge in [0.2, 0.25) is 76.8 Å². The monoisotopic (exact) mass is 1650 g/mol. The Kier molecular flexibility index (Phi) is 38.9. The van der Waals surface area contributed by atoms with E-state index in [1.807, 2.05) is 6.07 Å². The number of H-pyrrole nitrogens is 2. The van der Waals surface area contributed by atoms with Crippen molar-refractivity contribution in [3.8, 4) is 5.75 Å². The lowest BCUT2D eigenvalue weighted by Gasteiger charge is -2.31. The molecule has 118 heavy (non-hydrogen) atoms. The van der Waals surface area contributed by atoms with Crippen LogP contribution >= 0.6 is 0 Å². The van der Waals surface area contributed by atoms with Gasteiger partial charge in [-0.1, -0.05) is 129 Å². The Morgan fingerprint density at radius 2 is 0.881 bits per heavy atom. The van der Waals surface area contributed by atoms with Gasteiger partial charge in [-0.2, -0.15) is 0 Å². The number of carbonyl (C=O) groups excluding carboxylic acids is 13. The highest BCUT2D eigenvalue weighted by Gasteiger charge is 2.40. The number of nitrogens with two attached hydrogens (primary N) is 1. The number of hydrogen-bond acceptors (Lipinski definition) is 19. The molecule has 13 amide bonds. The number of phenolic OH excluding ortho intramolecular Hbond substituents is 1. The summed E-state index contributed by atoms with van der Waals surface area (Å²) in [7, 11) is 0. The van der Waals surface area contributed by atoms with Gasteiger partial charge in [0.1, 0.15) is 84.3 Å². The van der Waals surface area contributed by atoms with E-state index in [1.54, 1.807) is 110 Å². The van der Waals surface area contributed by atoms with E-state index in [1.165, 1.54) is 57.6 Å². The molecule has 0 radical (unpaired) electrons. The fourth-order valence-electron chi connectivity index (χ4n) is 12.7. The first-order valence-corrected chi connectivity index (χ1v) is 39.5. The number of nitrogens with one attached hydrogen (secondary N) is 15. The van der Waals surface area contributed by atoms with Gasteiger partial charge >= 0.3 is 17.9 Å². The number of carboxylic acid groups (broad SMARTS) is 3. The topological polar surface area (TPSA) is 581 Å². The fourth-order valence-corrected chi connectivity index (χ4v) is 12.7. The number of aromatic amines is 2. The third-order valence-electron chi connectivity index (χ3n) is 19.8. The molecule has 0 aliphatic carbocycles. The van der Waals surface area contributed by atoms with Crippen LogP contribution in [0.15, 0.2) is 97.6 Å². The summed E-state index contributed by atoms with van der Waals surface area (Å²) in [6.45, 7) is 17.3. The average Bonchev–Trinajstić information content (AvgIpc) is 1.63. The normalized spacial score (nSPS) is 15.1. The number of aromatic hydroxyl groups is 1. The number of unbranched alkanes of at least 4 members (excludes halogenated alkanes) is 1. The molecule has 0 bridgehead atoms. The predicted octanol–water partition coefficient (Wildman–Crippen LogP) is 0.577. The predicted molar refractivity (Wildman–Crippen MR) is 431 cm³/mol. The van der Waals surface area contributed by atoms with Gasteiger partial charge in [-0.05, 0) is 111 Å². The lowest BCUT2D eigenvalue weighted by Crippen LogP contribution is -2.62. The number of imidazole rings is 1. The van der Waals surface area contributed by atoms with Crippen LogP contribution in [0, 0.1) is 23.7 Å². The number of amides is 13. The second-order valence-corrected chi connectivity index (χ2v) is 30.3. The minimum Gasteiger partial charge on any atom is -0.508 e. The fraction of sp³-hybridized carbons (Fsp3) is 0.519. The summed E-state index contributed by atoms with van der Waals surface area (Å²) in [5.74, 6) is -18.6. The van der Waals surface area contributed by atoms with Crippen molar-refractivity contribution >= 4 is 106 Å². The van der Waals surface area contributed by atoms with Crippen molar-refractivity contribution in [3.05, 3.63) is 120 Å². The Morgan fingerprint density at radius 3 is 1.42 bits per heavy atom. The highest BCUT2D eigenvalue weighted by atomic mass is 16.4. The molecule has 0 saturated carbocycles. The lowest BCUT2D eigenvalue weighted by atomic mass is 9.94. The van der Waals surface area contributed by atoms with E-state index in [-0.39, 0.29) is 62.3 Å². The summed E-state index contributed by atoms with van der Waals surface area (Å²) in [5, 5.41) is 74.2. The van der Waals surface area contributed by atoms with E-state index in [0.29, 0.717) is 42.5 Å². The molecule has 0 aliphatic rings. The van der Waals surface area contributed by atoms with Gasteiger partial charge in [-0.25, -0.2) is 9.78 Å². The zero-order valence-electron chi connectivity index (χ0n) is 68.3. The third-order valence-corrected chi connectivity index (χ3v) is 19.8. The van der Waals surface area contributed by atoms with Crippen LogP contribution in [0.1, 0.15) is 156 Å². The molecule has 2 aromatic heterocycles. The van der Waals surface area contributed by atoms with E-state index >= 15 is 0 Å². The molecule has 2 heterocycles. The summed E-state index contributed by atoms with van der Waals surface area (Å²) in [5.41, 5.74) is 8.11. The van der Waals surface area contributed by atoms with E-state index < -0.39 is 210 Å². The first kappa shape index (κ1) is 96.3. The van der Waals surface area contributed by atoms with Crippen molar-refractivity contribution in [2.75, 3.05) is 6.54 Å². The quantitative estimate of drug-likeness (QED) is 0.0237. The van der Waals surface area contributed by atoms with Crippen LogP contribution in [-0.4, -0.2) is 215 Å². The minimum atomic E-state index is -1.90. The zero-order valence-corrected chi connectivity index (χ0v) is 68.3. The molecule has 0 saturated heterocycles. The number of phenols is 1. The lowest BCUT2D eigenvalue weighted by molar-refractivity contribution is -0.143. The summed E-state index contributed by atoms with van der Waals surface area (Å²) >= 11 is 0. The van der Waals surface area contributed by atoms with Crippen LogP contribution in [0.3, 0.4) is 0 Å². The van der Waals surface area contributed by atoms with Crippen LogP contribution in [0.5, 0.6) is 5.75 Å². The van der Waals surface area contributed by atoms with Gasteiger partial charge in [0.25, 0.3) is 0 Å². The zero-order chi connectivity index (χ0) is 87.6. The Hall–Kier alpha value is -12.3. The molecular weight excluding hydrogens is 1530 g/mol. The number of carboxylic acids is 3. The number of benzene rings is 3. The molecular formula is C81H115N17O20. The van der Waals surface area contributed by atoms with Gasteiger partial charge in [0.05, 0.1) is 18.4 Å². The molecule has 644 valence electrons. The SMILES string of the molecule is CC[C@H](C)[C@H](NC(=O)[C@H](CC(=O)O)NC(=O)[C@H](CC(C)C)NC(=O)[C@H](Cc1c[nH]cn1)NC(=O)[C@H](C)NC(=O)[C@H](Cc1ccccc1)NC(=O)[C@H](Cc1ccc(O)cc1)NC(=O)[C@@H](NC(=O)[C@H](C)NC(=O)[C@H](CCC(=O)O)NC(=O)[C@H](CCCCN)NC(C)=O)C(C)C)C(=O)N[C@H](C(=O)N[C@@H](Cc1c[nH]c2ccccc12)C(=O)O)[C@@H](C)CC. The largest absolute Gasteiger partial charge is 0.508 e. The van der Waals surface area contributed by atoms with Crippen LogP contribution in [0.2, 0.25) is 0 Å². The Bertz CT molecular complexity index is 4250. The Morgan fingerprint density at radius 1 is 0.432 bits per heavy atom. The molecule has 0 spiro atoms. The van der Waals surface area contributed by atoms with Gasteiger partial charge in [0, 0.05) is 62.3 Å². The molecule has 3 aromatic carbocycles. The Labute approximate surface area is 683 Å². The van der Waals surface area contributed by atoms with Gasteiger partial charge in [0.15, 0.2) is 0 Å². The summed E-state index contributed by atoms with van der Waals surface area (Å²) in [4.78, 5) is 231. The molecule has 21 N–H and O–H groups in total. The molecule has 0 aliphatic heterocycles. The highest BCUT2D eigenvalue weighted by Crippen LogP contribution is 2.22. The summed E-state index contributed by atoms with van der Waals surface area (Å²) < 4.78 is 0. The second kappa shape index (κ2) is 47.7. The maximum atomic E-state index is 14.9. The molecule has 37 heteroatoms. The van der Waals surface area contributed by atoms with Crippen LogP contribution < -0.4 is 74.9 Å². The molecule has 0 fully saturated rings. The number of para-hydroxylation sites is 1. The maximum Gasteiger partial charge on any atom is 0.326 e. The van der Waals surface area contributed by atoms with Crippen molar-refractivity contribution in [1.29, 1.82) is 0 Å². The average molecular weight is 1650 g/mol. The Balaban J connectivity index is 1.34. The van der Waals surface area contributed by atoms with Crippen molar-refractivity contribution < 1.29 is 97.1 Å². The van der Waals surface area contributed by atoms with E-state index in [9.17, 15) is 97.1 Å². The highest BCUT2D eigenvalue weighted by molar-refractivity contribution is 6.01. The van der Waals surface area contributed by atoms with Crippen molar-refractivity contribution in [2.45, 2.75) is 238 Å². The molecule has 37 nitrogen and oxygen atoms in total. The maximum absolute atomic E-state index is 14.9. The van der Waals surface area contributed by atoms with E-state index in [4.69, 9.17) is 5.73 Å². The standard InChI is InChI=1S/C81H115N17O20/c1-12-44(7)67(79(115)95-63(81(117)118)36-51-39-84-55-24-18-17-23-54(51)55)98-80(116)68(45(8)13-2)97-77(113)62(38-65(103)104)93-74(110)58(33-42(3)4)91-76(112)61(37-52-40-83-41-85-52)90-69(105)46(9)87-73(109)59(34-49-21-15-14-16-22-49)92-75(111)60(35-50-26-28-53(100)29-27-50)94-78(114)66(43(5)6)96-70(106)47(10)86-71(107)57(30-31-64(101)102)89-72(108)56(88-48(11)99)25-19-20-32-82/h14-18,21-24,26-29,39-47,56-63,66-68,84,100H,12-13,19-20,25,30-38,82H2,1-11H3,(H,83,85)(H,86,107)(H,87,109)(H,88,99)(H,89,108)(H,90,105)(H,91,112)(H,92,111)(H,93,110)(H,94,114)(H,95,115)(H,96,106)(H,97,113)(H,98,116)(H,101,102)(H,103,104)(H,117,118)/t44-,45-,46-,47-,56-,57-,58-,59-,60-,61-,62-,63-,66-,67-,68-/m0/s1. The van der Waals surface area contributed by atoms with Crippen LogP contribution in [0.25, 0.3) is 10.9 Å². The number of carbonyl (C=O) groups is 16. The van der Waals surface area contributed by atoms with Gasteiger partial charge in [-0.15, -0.1) is 0 Å². The molecule has 5 aromatic rings. The van der Waals surface area contributed by atoms with Crippen LogP contribution in [-0.2, 0) is 102 Å². The summed E-state index contributed by atoms with van der Waals surface area (Å²) in [6.07, 6.45) is 2.90. The number of rotatable bonds is 50. The minimum absolute atomic E-state index is 0.115. The van der Waals surface area contributed by atoms with Crippen molar-refractivity contribution in [2.24, 2.45) is 29.4 Å².